The second-order valence-corrected chi connectivity index (χ2v) is 8.27. The normalized spacial score (nSPS) is 13.2. The van der Waals surface area contributed by atoms with E-state index in [2.05, 4.69) is 16.0 Å². The maximum atomic E-state index is 13.0. The summed E-state index contributed by atoms with van der Waals surface area (Å²) in [6.07, 6.45) is 1.10. The summed E-state index contributed by atoms with van der Waals surface area (Å²) in [6, 6.07) is 8.97. The summed E-state index contributed by atoms with van der Waals surface area (Å²) in [7, 11) is 0. The third-order valence-corrected chi connectivity index (χ3v) is 5.52. The summed E-state index contributed by atoms with van der Waals surface area (Å²) < 4.78 is 5.35. The van der Waals surface area contributed by atoms with Crippen LogP contribution < -0.4 is 20.9 Å². The molecule has 2 aromatic carbocycles. The number of benzene rings is 2. The SMILES string of the molecule is CCCC(=O)Nc1ccc(Cl)c(NC(=S)NC(=O)c2cc([N+](=O)[O-])ccc2N2CCOCC2)c1. The van der Waals surface area contributed by atoms with Crippen LogP contribution in [0.25, 0.3) is 0 Å². The topological polar surface area (TPSA) is 126 Å². The first kappa shape index (κ1) is 25.3. The van der Waals surface area contributed by atoms with E-state index >= 15 is 0 Å². The van der Waals surface area contributed by atoms with Gasteiger partial charge in [-0.25, -0.2) is 0 Å². The Morgan fingerprint density at radius 3 is 2.59 bits per heavy atom. The number of non-ortho nitro benzene ring substituents is 1. The zero-order valence-electron chi connectivity index (χ0n) is 18.4. The van der Waals surface area contributed by atoms with Crippen molar-refractivity contribution in [1.82, 2.24) is 5.32 Å². The lowest BCUT2D eigenvalue weighted by Crippen LogP contribution is -2.39. The Morgan fingerprint density at radius 2 is 1.91 bits per heavy atom. The molecular weight excluding hydrogens is 482 g/mol. The molecule has 2 aromatic rings. The van der Waals surface area contributed by atoms with Gasteiger partial charge in [-0.15, -0.1) is 0 Å². The Balaban J connectivity index is 1.76. The van der Waals surface area contributed by atoms with Crippen LogP contribution in [0.2, 0.25) is 5.02 Å². The molecule has 0 radical (unpaired) electrons. The minimum Gasteiger partial charge on any atom is -0.378 e. The van der Waals surface area contributed by atoms with Crippen LogP contribution in [0.1, 0.15) is 30.1 Å². The van der Waals surface area contributed by atoms with Gasteiger partial charge in [-0.3, -0.25) is 25.0 Å². The standard InChI is InChI=1S/C22H24ClN5O5S/c1-2-3-20(29)24-14-4-6-17(23)18(12-14)25-22(34)26-21(30)16-13-15(28(31)32)5-7-19(16)27-8-10-33-11-9-27/h4-7,12-13H,2-3,8-11H2,1H3,(H,24,29)(H2,25,26,30,34). The molecule has 2 amide bonds. The van der Waals surface area contributed by atoms with E-state index < -0.39 is 10.8 Å². The largest absolute Gasteiger partial charge is 0.378 e. The van der Waals surface area contributed by atoms with E-state index in [4.69, 9.17) is 28.6 Å². The van der Waals surface area contributed by atoms with E-state index in [9.17, 15) is 19.7 Å². The lowest BCUT2D eigenvalue weighted by atomic mass is 10.1. The van der Waals surface area contributed by atoms with Gasteiger partial charge < -0.3 is 20.3 Å². The Kier molecular flexibility index (Phi) is 8.74. The number of nitrogens with zero attached hydrogens (tertiary/aromatic N) is 2. The zero-order valence-corrected chi connectivity index (χ0v) is 20.0. The van der Waals surface area contributed by atoms with Crippen LogP contribution in [-0.2, 0) is 9.53 Å². The van der Waals surface area contributed by atoms with Crippen molar-refractivity contribution in [2.24, 2.45) is 0 Å². The summed E-state index contributed by atoms with van der Waals surface area (Å²) in [5.74, 6) is -0.737. The first-order chi connectivity index (χ1) is 16.3. The first-order valence-corrected chi connectivity index (χ1v) is 11.4. The minimum atomic E-state index is -0.605. The van der Waals surface area contributed by atoms with Gasteiger partial charge in [0.05, 0.1) is 40.1 Å². The molecule has 0 atom stereocenters. The van der Waals surface area contributed by atoms with Gasteiger partial charge in [-0.2, -0.15) is 0 Å². The van der Waals surface area contributed by atoms with E-state index in [1.807, 2.05) is 11.8 Å². The number of halogens is 1. The van der Waals surface area contributed by atoms with E-state index in [0.717, 1.165) is 0 Å². The number of nitrogens with one attached hydrogen (secondary N) is 3. The number of ether oxygens (including phenoxy) is 1. The Hall–Kier alpha value is -3.28. The molecule has 180 valence electrons. The van der Waals surface area contributed by atoms with Gasteiger partial charge in [0.2, 0.25) is 5.91 Å². The molecule has 3 rings (SSSR count). The zero-order chi connectivity index (χ0) is 24.7. The van der Waals surface area contributed by atoms with Crippen LogP contribution in [-0.4, -0.2) is 48.2 Å². The number of thiocarbonyl (C=S) groups is 1. The molecule has 1 saturated heterocycles. The molecule has 1 heterocycles. The smallest absolute Gasteiger partial charge is 0.270 e. The number of hydrogen-bond donors (Lipinski definition) is 3. The maximum Gasteiger partial charge on any atom is 0.270 e. The van der Waals surface area contributed by atoms with E-state index in [0.29, 0.717) is 61.2 Å². The van der Waals surface area contributed by atoms with Crippen LogP contribution >= 0.6 is 23.8 Å². The van der Waals surface area contributed by atoms with Crippen molar-refractivity contribution < 1.29 is 19.2 Å². The number of nitro benzene ring substituents is 1. The summed E-state index contributed by atoms with van der Waals surface area (Å²) in [4.78, 5) is 37.5. The fraction of sp³-hybridized carbons (Fsp3) is 0.318. The number of hydrogen-bond acceptors (Lipinski definition) is 7. The predicted molar refractivity (Wildman–Crippen MR) is 135 cm³/mol. The highest BCUT2D eigenvalue weighted by Crippen LogP contribution is 2.28. The molecule has 0 spiro atoms. The van der Waals surface area contributed by atoms with Crippen molar-refractivity contribution in [3.8, 4) is 0 Å². The number of carbonyl (C=O) groups is 2. The molecule has 0 aliphatic carbocycles. The highest BCUT2D eigenvalue weighted by molar-refractivity contribution is 7.80. The highest BCUT2D eigenvalue weighted by Gasteiger charge is 2.23. The van der Waals surface area contributed by atoms with Crippen molar-refractivity contribution in [3.05, 3.63) is 57.1 Å². The van der Waals surface area contributed by atoms with E-state index in [-0.39, 0.29) is 22.3 Å². The van der Waals surface area contributed by atoms with E-state index in [1.165, 1.54) is 12.1 Å². The van der Waals surface area contributed by atoms with Gasteiger partial charge >= 0.3 is 0 Å². The highest BCUT2D eigenvalue weighted by atomic mass is 35.5. The Labute approximate surface area is 206 Å². The van der Waals surface area contributed by atoms with E-state index in [1.54, 1.807) is 24.3 Å². The van der Waals surface area contributed by atoms with Gasteiger partial charge in [-0.1, -0.05) is 18.5 Å². The summed E-state index contributed by atoms with van der Waals surface area (Å²) in [5.41, 5.74) is 1.36. The van der Waals surface area contributed by atoms with Crippen molar-refractivity contribution in [3.63, 3.8) is 0 Å². The van der Waals surface area contributed by atoms with Crippen LogP contribution in [0.5, 0.6) is 0 Å². The van der Waals surface area contributed by atoms with Crippen molar-refractivity contribution >= 4 is 63.5 Å². The molecule has 1 aliphatic rings. The second kappa shape index (κ2) is 11.7. The fourth-order valence-corrected chi connectivity index (χ4v) is 3.74. The third kappa shape index (κ3) is 6.62. The fourth-order valence-electron chi connectivity index (χ4n) is 3.37. The molecule has 0 aromatic heterocycles. The number of nitro groups is 1. The third-order valence-electron chi connectivity index (χ3n) is 4.99. The lowest BCUT2D eigenvalue weighted by Gasteiger charge is -2.30. The maximum absolute atomic E-state index is 13.0. The minimum absolute atomic E-state index is 0.0524. The Morgan fingerprint density at radius 1 is 1.18 bits per heavy atom. The number of carbonyl (C=O) groups excluding carboxylic acids is 2. The summed E-state index contributed by atoms with van der Waals surface area (Å²) in [5, 5.41) is 19.7. The first-order valence-electron chi connectivity index (χ1n) is 10.6. The number of amides is 2. The summed E-state index contributed by atoms with van der Waals surface area (Å²) >= 11 is 11.5. The van der Waals surface area contributed by atoms with Gasteiger partial charge in [0, 0.05) is 37.3 Å². The predicted octanol–water partition coefficient (Wildman–Crippen LogP) is 3.95. The van der Waals surface area contributed by atoms with Gasteiger partial charge in [-0.05, 0) is 42.9 Å². The molecule has 0 bridgehead atoms. The van der Waals surface area contributed by atoms with Crippen LogP contribution in [0.3, 0.4) is 0 Å². The van der Waals surface area contributed by atoms with Crippen molar-refractivity contribution in [2.45, 2.75) is 19.8 Å². The molecule has 0 unspecified atom stereocenters. The van der Waals surface area contributed by atoms with Gasteiger partial charge in [0.1, 0.15) is 0 Å². The monoisotopic (exact) mass is 505 g/mol. The molecule has 0 saturated carbocycles. The molecular formula is C22H24ClN5O5S. The molecule has 12 heteroatoms. The van der Waals surface area contributed by atoms with Gasteiger partial charge in [0.25, 0.3) is 11.6 Å². The van der Waals surface area contributed by atoms with Gasteiger partial charge in [0.15, 0.2) is 5.11 Å². The lowest BCUT2D eigenvalue weighted by molar-refractivity contribution is -0.384. The molecule has 1 fully saturated rings. The number of rotatable bonds is 7. The van der Waals surface area contributed by atoms with Crippen LogP contribution in [0, 0.1) is 10.1 Å². The molecule has 1 aliphatic heterocycles. The summed E-state index contributed by atoms with van der Waals surface area (Å²) in [6.45, 7) is 3.98. The van der Waals surface area contributed by atoms with Crippen LogP contribution in [0.4, 0.5) is 22.7 Å². The second-order valence-electron chi connectivity index (χ2n) is 7.46. The molecule has 10 nitrogen and oxygen atoms in total. The number of anilines is 3. The van der Waals surface area contributed by atoms with Crippen molar-refractivity contribution in [1.29, 1.82) is 0 Å². The Bertz CT molecular complexity index is 1110. The quantitative estimate of drug-likeness (QED) is 0.293. The molecule has 34 heavy (non-hydrogen) atoms. The average Bonchev–Trinajstić information content (AvgIpc) is 2.81. The average molecular weight is 506 g/mol. The molecule has 3 N–H and O–H groups in total. The van der Waals surface area contributed by atoms with Crippen LogP contribution in [0.15, 0.2) is 36.4 Å². The number of morpholine rings is 1. The van der Waals surface area contributed by atoms with Crippen molar-refractivity contribution in [2.75, 3.05) is 41.8 Å².